The lowest BCUT2D eigenvalue weighted by Gasteiger charge is -2.19. The molecule has 4 heteroatoms. The third-order valence-corrected chi connectivity index (χ3v) is 4.05. The summed E-state index contributed by atoms with van der Waals surface area (Å²) in [6.07, 6.45) is 4.78. The van der Waals surface area contributed by atoms with E-state index in [1.807, 2.05) is 0 Å². The molecule has 3 atom stereocenters. The van der Waals surface area contributed by atoms with Gasteiger partial charge in [0.1, 0.15) is 0 Å². The summed E-state index contributed by atoms with van der Waals surface area (Å²) in [4.78, 5) is 0. The quantitative estimate of drug-likeness (QED) is 0.594. The van der Waals surface area contributed by atoms with Crippen LogP contribution in [0, 0.1) is 0 Å². The Morgan fingerprint density at radius 3 is 1.92 bits per heavy atom. The molecule has 0 N–H and O–H groups in total. The van der Waals surface area contributed by atoms with Crippen molar-refractivity contribution in [3.05, 3.63) is 0 Å². The maximum atomic E-state index is 3.76. The molecule has 0 amide bonds. The summed E-state index contributed by atoms with van der Waals surface area (Å²) in [6.45, 7) is 2.21. The molecule has 0 aromatic heterocycles. The molecule has 0 aliphatic carbocycles. The molecule has 0 bridgehead atoms. The Hall–Kier alpha value is 0.868. The zero-order chi connectivity index (χ0) is 10.3. The third-order valence-electron chi connectivity index (χ3n) is 2.12. The third kappa shape index (κ3) is 7.90. The van der Waals surface area contributed by atoms with E-state index in [2.05, 4.69) is 47.9 Å². The predicted octanol–water partition coefficient (Wildman–Crippen LogP) is 2.02. The number of hydrogen-bond donors (Lipinski definition) is 0. The van der Waals surface area contributed by atoms with Gasteiger partial charge in [0.25, 0.3) is 0 Å². The maximum Gasteiger partial charge on any atom is 0.0266 e. The van der Waals surface area contributed by atoms with Gasteiger partial charge in [-0.15, -0.1) is 0 Å². The van der Waals surface area contributed by atoms with Crippen molar-refractivity contribution in [3.63, 3.8) is 0 Å². The second kappa shape index (κ2) is 8.20. The second-order valence-corrected chi connectivity index (χ2v) is 6.46. The lowest BCUT2D eigenvalue weighted by Crippen LogP contribution is -2.03. The molecule has 0 fully saturated rings. The molecule has 13 heavy (non-hydrogen) atoms. The lowest BCUT2D eigenvalue weighted by molar-refractivity contribution is 0.600. The van der Waals surface area contributed by atoms with E-state index < -0.39 is 0 Å². The smallest absolute Gasteiger partial charge is 0.0266 e. The Morgan fingerprint density at radius 1 is 0.923 bits per heavy atom. The van der Waals surface area contributed by atoms with Crippen LogP contribution in [0.3, 0.4) is 0 Å². The van der Waals surface area contributed by atoms with Crippen LogP contribution in [-0.4, -0.2) is 41.0 Å². The van der Waals surface area contributed by atoms with Crippen molar-refractivity contribution in [3.8, 4) is 0 Å². The van der Waals surface area contributed by atoms with Crippen LogP contribution < -0.4 is 0 Å². The first-order chi connectivity index (χ1) is 6.10. The summed E-state index contributed by atoms with van der Waals surface area (Å²) in [5.41, 5.74) is 1.88. The van der Waals surface area contributed by atoms with Crippen molar-refractivity contribution >= 4 is 41.0 Å². The summed E-state index contributed by atoms with van der Waals surface area (Å²) < 4.78 is 0. The topological polar surface area (TPSA) is 0 Å². The van der Waals surface area contributed by atoms with Crippen LogP contribution in [0.1, 0.15) is 32.6 Å². The van der Waals surface area contributed by atoms with Gasteiger partial charge in [-0.25, -0.2) is 0 Å². The highest BCUT2D eigenvalue weighted by Crippen LogP contribution is 2.28. The Labute approximate surface area is 96.3 Å². The van der Waals surface area contributed by atoms with Gasteiger partial charge in [0.15, 0.2) is 0 Å². The van der Waals surface area contributed by atoms with E-state index in [-0.39, 0.29) is 0 Å². The SMILES string of the molecule is CCC([Si])CC([Si])CC([Si])CC[Si]. The molecule has 12 radical (unpaired) electrons. The molecule has 0 aromatic rings. The summed E-state index contributed by atoms with van der Waals surface area (Å²) in [5.74, 6) is 0. The Kier molecular flexibility index (Phi) is 8.75. The molecule has 0 aliphatic rings. The van der Waals surface area contributed by atoms with Gasteiger partial charge in [-0.3, -0.25) is 0 Å². The first kappa shape index (κ1) is 13.9. The highest BCUT2D eigenvalue weighted by molar-refractivity contribution is 6.16. The molecule has 0 aromatic carbocycles. The second-order valence-electron chi connectivity index (χ2n) is 3.51. The van der Waals surface area contributed by atoms with Gasteiger partial charge in [-0.05, 0) is 0 Å². The monoisotopic (exact) mass is 236 g/mol. The zero-order valence-corrected chi connectivity index (χ0v) is 12.3. The van der Waals surface area contributed by atoms with Crippen LogP contribution in [-0.2, 0) is 0 Å². The average Bonchev–Trinajstić information content (AvgIpc) is 2.04. The van der Waals surface area contributed by atoms with Crippen molar-refractivity contribution in [2.75, 3.05) is 0 Å². The van der Waals surface area contributed by atoms with Gasteiger partial charge >= 0.3 is 0 Å². The Bertz CT molecular complexity index is 118. The molecule has 68 valence electrons. The van der Waals surface area contributed by atoms with Gasteiger partial charge < -0.3 is 0 Å². The molecule has 0 nitrogen and oxygen atoms in total. The first-order valence-corrected chi connectivity index (χ1v) is 7.32. The fourth-order valence-electron chi connectivity index (χ4n) is 1.24. The van der Waals surface area contributed by atoms with E-state index in [0.29, 0.717) is 16.6 Å². The summed E-state index contributed by atoms with van der Waals surface area (Å²) in [6, 6.07) is 1.07. The molecule has 0 aliphatic heterocycles. The van der Waals surface area contributed by atoms with Gasteiger partial charge in [0.2, 0.25) is 0 Å². The van der Waals surface area contributed by atoms with Crippen LogP contribution in [0.25, 0.3) is 0 Å². The molecule has 0 heterocycles. The van der Waals surface area contributed by atoms with Gasteiger partial charge in [0, 0.05) is 41.0 Å². The molecule has 0 spiro atoms. The van der Waals surface area contributed by atoms with Crippen LogP contribution in [0.5, 0.6) is 0 Å². The van der Waals surface area contributed by atoms with Gasteiger partial charge in [-0.1, -0.05) is 55.3 Å². The van der Waals surface area contributed by atoms with E-state index in [4.69, 9.17) is 0 Å². The van der Waals surface area contributed by atoms with E-state index >= 15 is 0 Å². The molecule has 0 rings (SSSR count). The minimum absolute atomic E-state index is 0.614. The highest BCUT2D eigenvalue weighted by atomic mass is 28.2. The fourth-order valence-corrected chi connectivity index (χ4v) is 3.63. The van der Waals surface area contributed by atoms with E-state index in [1.54, 1.807) is 0 Å². The molecular weight excluding hydrogens is 220 g/mol. The lowest BCUT2D eigenvalue weighted by atomic mass is 10.1. The van der Waals surface area contributed by atoms with Crippen molar-refractivity contribution < 1.29 is 0 Å². The Balaban J connectivity index is 3.54. The van der Waals surface area contributed by atoms with E-state index in [0.717, 1.165) is 6.04 Å². The van der Waals surface area contributed by atoms with Gasteiger partial charge in [-0.2, -0.15) is 0 Å². The van der Waals surface area contributed by atoms with Crippen LogP contribution in [0.2, 0.25) is 22.7 Å². The van der Waals surface area contributed by atoms with Crippen LogP contribution in [0.4, 0.5) is 0 Å². The van der Waals surface area contributed by atoms with Crippen molar-refractivity contribution in [2.45, 2.75) is 55.3 Å². The van der Waals surface area contributed by atoms with Crippen molar-refractivity contribution in [1.29, 1.82) is 0 Å². The minimum Gasteiger partial charge on any atom is -0.0654 e. The maximum absolute atomic E-state index is 3.76. The van der Waals surface area contributed by atoms with Crippen LogP contribution >= 0.6 is 0 Å². The molecule has 3 unspecified atom stereocenters. The standard InChI is InChI=1S/C9H16Si4/c1-2-7(11)5-9(13)6-8(12)3-4-10/h7-9H,2-6H2,1H3. The van der Waals surface area contributed by atoms with E-state index in [1.165, 1.54) is 25.7 Å². The minimum atomic E-state index is 0.614. The normalized spacial score (nSPS) is 18.2. The average molecular weight is 237 g/mol. The fraction of sp³-hybridized carbons (Fsp3) is 1.00. The Morgan fingerprint density at radius 2 is 1.46 bits per heavy atom. The summed E-state index contributed by atoms with van der Waals surface area (Å²) >= 11 is 0. The van der Waals surface area contributed by atoms with Gasteiger partial charge in [0.05, 0.1) is 0 Å². The highest BCUT2D eigenvalue weighted by Gasteiger charge is 2.11. The summed E-state index contributed by atoms with van der Waals surface area (Å²) in [5, 5.41) is 0. The molecule has 0 saturated carbocycles. The van der Waals surface area contributed by atoms with E-state index in [9.17, 15) is 0 Å². The first-order valence-electron chi connectivity index (χ1n) is 4.88. The predicted molar refractivity (Wildman–Crippen MR) is 63.2 cm³/mol. The molecule has 0 saturated heterocycles. The van der Waals surface area contributed by atoms with Crippen LogP contribution in [0.15, 0.2) is 0 Å². The number of rotatable bonds is 7. The number of hydrogen-bond acceptors (Lipinski definition) is 0. The summed E-state index contributed by atoms with van der Waals surface area (Å²) in [7, 11) is 14.7. The largest absolute Gasteiger partial charge is 0.0654 e. The molecular formula is C9H16Si4. The zero-order valence-electron chi connectivity index (χ0n) is 8.27. The van der Waals surface area contributed by atoms with Crippen molar-refractivity contribution in [2.24, 2.45) is 0 Å². The van der Waals surface area contributed by atoms with Crippen molar-refractivity contribution in [1.82, 2.24) is 0 Å².